The Morgan fingerprint density at radius 1 is 1.21 bits per heavy atom. The number of aryl methyl sites for hydroxylation is 2. The third-order valence-electron chi connectivity index (χ3n) is 6.15. The Balaban J connectivity index is 1.33. The first-order chi connectivity index (χ1) is 16.5. The van der Waals surface area contributed by atoms with Gasteiger partial charge in [0.25, 0.3) is 0 Å². The van der Waals surface area contributed by atoms with E-state index in [4.69, 9.17) is 5.73 Å². The van der Waals surface area contributed by atoms with E-state index in [1.54, 1.807) is 15.6 Å². The molecule has 5 heterocycles. The number of hydrogen-bond acceptors (Lipinski definition) is 8. The smallest absolute Gasteiger partial charge is 0.245 e. The van der Waals surface area contributed by atoms with E-state index < -0.39 is 0 Å². The van der Waals surface area contributed by atoms with Crippen molar-refractivity contribution in [3.05, 3.63) is 48.2 Å². The van der Waals surface area contributed by atoms with Crippen molar-refractivity contribution in [2.45, 2.75) is 45.7 Å². The number of pyridine rings is 1. The van der Waals surface area contributed by atoms with E-state index in [1.807, 2.05) is 38.2 Å². The predicted molar refractivity (Wildman–Crippen MR) is 129 cm³/mol. The fraction of sp³-hybridized carbons (Fsp3) is 0.391. The van der Waals surface area contributed by atoms with Crippen LogP contribution in [-0.2, 0) is 17.9 Å². The van der Waals surface area contributed by atoms with E-state index in [2.05, 4.69) is 41.3 Å². The lowest BCUT2D eigenvalue weighted by atomic mass is 9.93. The van der Waals surface area contributed by atoms with Gasteiger partial charge in [-0.2, -0.15) is 15.1 Å². The number of amides is 1. The summed E-state index contributed by atoms with van der Waals surface area (Å²) in [5, 5.41) is 7.29. The number of piperidine rings is 1. The maximum Gasteiger partial charge on any atom is 0.245 e. The molecule has 0 saturated carbocycles. The summed E-state index contributed by atoms with van der Waals surface area (Å²) in [5.74, 6) is 1.77. The number of aromatic nitrogens is 7. The molecule has 0 aromatic carbocycles. The second-order valence-corrected chi connectivity index (χ2v) is 8.50. The molecule has 0 unspecified atom stereocenters. The lowest BCUT2D eigenvalue weighted by Gasteiger charge is -2.32. The summed E-state index contributed by atoms with van der Waals surface area (Å²) in [6, 6.07) is 7.90. The SMILES string of the molecule is CCn1nc(C)cc1NC(=O)Cn1cnc2c(N3CCC(c4ccccn4)CC3)nc(N)nc21. The second kappa shape index (κ2) is 9.08. The minimum absolute atomic E-state index is 0.0576. The van der Waals surface area contributed by atoms with Gasteiger partial charge in [-0.05, 0) is 38.8 Å². The molecule has 11 nitrogen and oxygen atoms in total. The number of carbonyl (C=O) groups is 1. The fourth-order valence-corrected chi connectivity index (χ4v) is 4.51. The molecule has 0 atom stereocenters. The van der Waals surface area contributed by atoms with Gasteiger partial charge >= 0.3 is 0 Å². The molecular formula is C23H28N10O. The Labute approximate surface area is 197 Å². The number of nitrogen functional groups attached to an aromatic ring is 1. The molecule has 0 radical (unpaired) electrons. The number of anilines is 3. The van der Waals surface area contributed by atoms with Gasteiger partial charge in [0.05, 0.1) is 12.0 Å². The topological polar surface area (TPSA) is 133 Å². The molecule has 3 N–H and O–H groups in total. The van der Waals surface area contributed by atoms with E-state index in [1.165, 1.54) is 0 Å². The lowest BCUT2D eigenvalue weighted by molar-refractivity contribution is -0.116. The maximum atomic E-state index is 12.8. The summed E-state index contributed by atoms with van der Waals surface area (Å²) < 4.78 is 3.46. The summed E-state index contributed by atoms with van der Waals surface area (Å²) in [5.41, 5.74) is 9.23. The number of rotatable bonds is 6. The molecule has 1 aliphatic heterocycles. The zero-order chi connectivity index (χ0) is 23.7. The van der Waals surface area contributed by atoms with Crippen molar-refractivity contribution in [1.29, 1.82) is 0 Å². The van der Waals surface area contributed by atoms with Gasteiger partial charge in [0.2, 0.25) is 11.9 Å². The van der Waals surface area contributed by atoms with Crippen molar-refractivity contribution in [3.8, 4) is 0 Å². The molecule has 4 aromatic rings. The standard InChI is InChI=1S/C23H28N10O/c1-3-33-18(12-15(2)30-33)27-19(34)13-32-14-26-20-21(28-23(24)29-22(20)32)31-10-7-16(8-11-31)17-6-4-5-9-25-17/h4-6,9,12,14,16H,3,7-8,10-11,13H2,1-2H3,(H,27,34)(H2,24,28,29). The van der Waals surface area contributed by atoms with E-state index >= 15 is 0 Å². The first-order valence-electron chi connectivity index (χ1n) is 11.5. The van der Waals surface area contributed by atoms with Crippen molar-refractivity contribution >= 4 is 34.7 Å². The van der Waals surface area contributed by atoms with Gasteiger partial charge in [-0.15, -0.1) is 0 Å². The van der Waals surface area contributed by atoms with Crippen LogP contribution in [0.25, 0.3) is 11.2 Å². The largest absolute Gasteiger partial charge is 0.368 e. The van der Waals surface area contributed by atoms with Crippen LogP contribution in [0, 0.1) is 6.92 Å². The molecular weight excluding hydrogens is 432 g/mol. The maximum absolute atomic E-state index is 12.8. The molecule has 1 fully saturated rings. The molecule has 4 aromatic heterocycles. The number of imidazole rings is 1. The van der Waals surface area contributed by atoms with Crippen LogP contribution < -0.4 is 16.0 Å². The normalized spacial score (nSPS) is 14.6. The zero-order valence-corrected chi connectivity index (χ0v) is 19.3. The van der Waals surface area contributed by atoms with Crippen LogP contribution in [0.15, 0.2) is 36.8 Å². The minimum Gasteiger partial charge on any atom is -0.368 e. The highest BCUT2D eigenvalue weighted by Gasteiger charge is 2.25. The van der Waals surface area contributed by atoms with Gasteiger partial charge < -0.3 is 20.5 Å². The van der Waals surface area contributed by atoms with Crippen LogP contribution in [-0.4, -0.2) is 53.3 Å². The third-order valence-corrected chi connectivity index (χ3v) is 6.15. The average Bonchev–Trinajstić information content (AvgIpc) is 3.41. The summed E-state index contributed by atoms with van der Waals surface area (Å²) in [7, 11) is 0. The van der Waals surface area contributed by atoms with Crippen LogP contribution in [0.1, 0.15) is 37.1 Å². The summed E-state index contributed by atoms with van der Waals surface area (Å²) in [4.78, 5) is 32.9. The molecule has 1 amide bonds. The number of carbonyl (C=O) groups excluding carboxylic acids is 1. The van der Waals surface area contributed by atoms with Gasteiger partial charge in [0, 0.05) is 43.5 Å². The molecule has 176 valence electrons. The van der Waals surface area contributed by atoms with Crippen LogP contribution in [0.5, 0.6) is 0 Å². The first-order valence-corrected chi connectivity index (χ1v) is 11.5. The average molecular weight is 461 g/mol. The van der Waals surface area contributed by atoms with E-state index in [0.717, 1.165) is 37.3 Å². The Morgan fingerprint density at radius 2 is 2.03 bits per heavy atom. The lowest BCUT2D eigenvalue weighted by Crippen LogP contribution is -2.34. The first kappa shape index (κ1) is 21.8. The van der Waals surface area contributed by atoms with E-state index in [9.17, 15) is 4.79 Å². The predicted octanol–water partition coefficient (Wildman–Crippen LogP) is 2.35. The molecule has 0 aliphatic carbocycles. The Bertz CT molecular complexity index is 1300. The van der Waals surface area contributed by atoms with E-state index in [-0.39, 0.29) is 18.4 Å². The van der Waals surface area contributed by atoms with Gasteiger partial charge in [0.1, 0.15) is 12.4 Å². The molecule has 34 heavy (non-hydrogen) atoms. The van der Waals surface area contributed by atoms with Crippen molar-refractivity contribution in [3.63, 3.8) is 0 Å². The van der Waals surface area contributed by atoms with Crippen molar-refractivity contribution in [2.24, 2.45) is 0 Å². The van der Waals surface area contributed by atoms with Gasteiger partial charge in [-0.1, -0.05) is 6.07 Å². The molecule has 11 heteroatoms. The van der Waals surface area contributed by atoms with Crippen molar-refractivity contribution in [2.75, 3.05) is 29.0 Å². The number of nitrogens with two attached hydrogens (primary N) is 1. The Hall–Kier alpha value is -4.02. The van der Waals surface area contributed by atoms with Crippen LogP contribution >= 0.6 is 0 Å². The highest BCUT2D eigenvalue weighted by atomic mass is 16.2. The summed E-state index contributed by atoms with van der Waals surface area (Å²) in [6.07, 6.45) is 5.40. The molecule has 1 aliphatic rings. The van der Waals surface area contributed by atoms with Crippen molar-refractivity contribution < 1.29 is 4.79 Å². The second-order valence-electron chi connectivity index (χ2n) is 8.50. The number of nitrogens with zero attached hydrogens (tertiary/aromatic N) is 8. The highest BCUT2D eigenvalue weighted by Crippen LogP contribution is 2.31. The van der Waals surface area contributed by atoms with Crippen LogP contribution in [0.3, 0.4) is 0 Å². The monoisotopic (exact) mass is 460 g/mol. The quantitative estimate of drug-likeness (QED) is 0.448. The number of fused-ring (bicyclic) bond motifs is 1. The summed E-state index contributed by atoms with van der Waals surface area (Å²) >= 11 is 0. The van der Waals surface area contributed by atoms with E-state index in [0.29, 0.717) is 35.3 Å². The highest BCUT2D eigenvalue weighted by molar-refractivity contribution is 5.91. The third kappa shape index (κ3) is 4.28. The number of hydrogen-bond donors (Lipinski definition) is 2. The van der Waals surface area contributed by atoms with Crippen molar-refractivity contribution in [1.82, 2.24) is 34.3 Å². The minimum atomic E-state index is -0.191. The van der Waals surface area contributed by atoms with Gasteiger partial charge in [-0.25, -0.2) is 9.67 Å². The zero-order valence-electron chi connectivity index (χ0n) is 19.3. The van der Waals surface area contributed by atoms with Crippen LogP contribution in [0.4, 0.5) is 17.6 Å². The molecule has 0 spiro atoms. The van der Waals surface area contributed by atoms with Gasteiger partial charge in [0.15, 0.2) is 17.0 Å². The summed E-state index contributed by atoms with van der Waals surface area (Å²) in [6.45, 7) is 6.24. The van der Waals surface area contributed by atoms with Gasteiger partial charge in [-0.3, -0.25) is 9.78 Å². The Kier molecular flexibility index (Phi) is 5.83. The molecule has 1 saturated heterocycles. The molecule has 5 rings (SSSR count). The molecule has 0 bridgehead atoms. The number of nitrogens with one attached hydrogen (secondary N) is 1. The van der Waals surface area contributed by atoms with Crippen LogP contribution in [0.2, 0.25) is 0 Å². The fourth-order valence-electron chi connectivity index (χ4n) is 4.51. The Morgan fingerprint density at radius 3 is 2.76 bits per heavy atom.